The molecule has 1 atom stereocenters. The maximum absolute atomic E-state index is 13.2. The highest BCUT2D eigenvalue weighted by Gasteiger charge is 2.03. The number of hydrogen-bond donors (Lipinski definition) is 2. The van der Waals surface area contributed by atoms with Crippen molar-refractivity contribution in [2.24, 2.45) is 0 Å². The van der Waals surface area contributed by atoms with Gasteiger partial charge in [0.15, 0.2) is 11.6 Å². The highest BCUT2D eigenvalue weighted by Crippen LogP contribution is 2.15. The maximum atomic E-state index is 13.2. The standard InChI is InChI=1S/C9H12BrFN2O/c1-6(14)2-3-12-9-8(11)4-7(10)5-13-9/h4-6,14H,2-3H2,1H3,(H,12,13). The van der Waals surface area contributed by atoms with Gasteiger partial charge in [0.25, 0.3) is 0 Å². The molecule has 5 heteroatoms. The van der Waals surface area contributed by atoms with E-state index < -0.39 is 5.82 Å². The van der Waals surface area contributed by atoms with Crippen molar-refractivity contribution in [3.8, 4) is 0 Å². The third-order valence-corrected chi connectivity index (χ3v) is 2.10. The summed E-state index contributed by atoms with van der Waals surface area (Å²) in [4.78, 5) is 3.86. The van der Waals surface area contributed by atoms with Crippen LogP contribution in [0.2, 0.25) is 0 Å². The Morgan fingerprint density at radius 1 is 1.71 bits per heavy atom. The van der Waals surface area contributed by atoms with E-state index in [1.165, 1.54) is 12.3 Å². The topological polar surface area (TPSA) is 45.1 Å². The van der Waals surface area contributed by atoms with Crippen LogP contribution in [-0.4, -0.2) is 22.7 Å². The van der Waals surface area contributed by atoms with Gasteiger partial charge >= 0.3 is 0 Å². The van der Waals surface area contributed by atoms with Gasteiger partial charge < -0.3 is 10.4 Å². The molecule has 1 aromatic heterocycles. The maximum Gasteiger partial charge on any atom is 0.166 e. The molecule has 2 N–H and O–H groups in total. The van der Waals surface area contributed by atoms with Crippen molar-refractivity contribution < 1.29 is 9.50 Å². The van der Waals surface area contributed by atoms with Crippen LogP contribution in [-0.2, 0) is 0 Å². The molecule has 3 nitrogen and oxygen atoms in total. The molecule has 0 radical (unpaired) electrons. The summed E-state index contributed by atoms with van der Waals surface area (Å²) in [6.07, 6.45) is 1.70. The first-order valence-corrected chi connectivity index (χ1v) is 5.12. The van der Waals surface area contributed by atoms with Crippen LogP contribution in [0.5, 0.6) is 0 Å². The average molecular weight is 263 g/mol. The monoisotopic (exact) mass is 262 g/mol. The van der Waals surface area contributed by atoms with Gasteiger partial charge in [-0.25, -0.2) is 9.37 Å². The van der Waals surface area contributed by atoms with Gasteiger partial charge in [-0.3, -0.25) is 0 Å². The van der Waals surface area contributed by atoms with Gasteiger partial charge in [-0.2, -0.15) is 0 Å². The van der Waals surface area contributed by atoms with Gasteiger partial charge in [0, 0.05) is 17.2 Å². The normalized spacial score (nSPS) is 12.6. The SMILES string of the molecule is CC(O)CCNc1ncc(Br)cc1F. The number of pyridine rings is 1. The summed E-state index contributed by atoms with van der Waals surface area (Å²) >= 11 is 3.12. The molecule has 0 aliphatic rings. The fourth-order valence-electron chi connectivity index (χ4n) is 0.944. The van der Waals surface area contributed by atoms with E-state index in [2.05, 4.69) is 26.2 Å². The molecule has 0 saturated heterocycles. The van der Waals surface area contributed by atoms with Gasteiger partial charge in [-0.05, 0) is 35.3 Å². The molecule has 78 valence electrons. The minimum Gasteiger partial charge on any atom is -0.393 e. The number of aromatic nitrogens is 1. The van der Waals surface area contributed by atoms with Crippen LogP contribution in [0.4, 0.5) is 10.2 Å². The molecule has 0 spiro atoms. The molecule has 1 rings (SSSR count). The second-order valence-electron chi connectivity index (χ2n) is 3.05. The predicted molar refractivity (Wildman–Crippen MR) is 56.7 cm³/mol. The highest BCUT2D eigenvalue weighted by atomic mass is 79.9. The Hall–Kier alpha value is -0.680. The summed E-state index contributed by atoms with van der Waals surface area (Å²) in [5.74, 6) is -0.182. The summed E-state index contributed by atoms with van der Waals surface area (Å²) < 4.78 is 13.8. The minimum absolute atomic E-state index is 0.217. The van der Waals surface area contributed by atoms with Gasteiger partial charge in [0.1, 0.15) is 0 Å². The first-order chi connectivity index (χ1) is 6.59. The van der Waals surface area contributed by atoms with Gasteiger partial charge in [-0.15, -0.1) is 0 Å². The Balaban J connectivity index is 2.51. The Morgan fingerprint density at radius 2 is 2.43 bits per heavy atom. The Morgan fingerprint density at radius 3 is 3.00 bits per heavy atom. The van der Waals surface area contributed by atoms with Crippen LogP contribution in [0.15, 0.2) is 16.7 Å². The van der Waals surface area contributed by atoms with Crippen molar-refractivity contribution in [1.29, 1.82) is 0 Å². The molecular formula is C9H12BrFN2O. The fourth-order valence-corrected chi connectivity index (χ4v) is 1.25. The van der Waals surface area contributed by atoms with E-state index in [1.54, 1.807) is 6.92 Å². The number of nitrogens with one attached hydrogen (secondary N) is 1. The fraction of sp³-hybridized carbons (Fsp3) is 0.444. The van der Waals surface area contributed by atoms with E-state index in [-0.39, 0.29) is 11.9 Å². The molecule has 0 bridgehead atoms. The van der Waals surface area contributed by atoms with Gasteiger partial charge in [0.05, 0.1) is 6.10 Å². The van der Waals surface area contributed by atoms with E-state index >= 15 is 0 Å². The van der Waals surface area contributed by atoms with Crippen LogP contribution in [0.1, 0.15) is 13.3 Å². The first-order valence-electron chi connectivity index (χ1n) is 4.32. The van der Waals surface area contributed by atoms with Crippen LogP contribution in [0.3, 0.4) is 0 Å². The minimum atomic E-state index is -0.398. The summed E-state index contributed by atoms with van der Waals surface area (Å²) in [6, 6.07) is 1.34. The molecule has 1 heterocycles. The van der Waals surface area contributed by atoms with E-state index in [9.17, 15) is 4.39 Å². The molecular weight excluding hydrogens is 251 g/mol. The Kier molecular flexibility index (Phi) is 4.28. The summed E-state index contributed by atoms with van der Waals surface area (Å²) in [6.45, 7) is 2.19. The molecule has 1 aromatic rings. The lowest BCUT2D eigenvalue weighted by Crippen LogP contribution is -2.11. The van der Waals surface area contributed by atoms with E-state index in [4.69, 9.17) is 5.11 Å². The van der Waals surface area contributed by atoms with Crippen molar-refractivity contribution in [2.45, 2.75) is 19.4 Å². The molecule has 14 heavy (non-hydrogen) atoms. The van der Waals surface area contributed by atoms with E-state index in [0.29, 0.717) is 17.4 Å². The molecule has 0 aliphatic heterocycles. The van der Waals surface area contributed by atoms with E-state index in [1.807, 2.05) is 0 Å². The molecule has 0 fully saturated rings. The van der Waals surface area contributed by atoms with Crippen LogP contribution < -0.4 is 5.32 Å². The number of halogens is 2. The molecule has 0 aliphatic carbocycles. The van der Waals surface area contributed by atoms with Crippen LogP contribution in [0.25, 0.3) is 0 Å². The number of aliphatic hydroxyl groups is 1. The molecule has 1 unspecified atom stereocenters. The summed E-state index contributed by atoms with van der Waals surface area (Å²) in [5, 5.41) is 11.8. The lowest BCUT2D eigenvalue weighted by Gasteiger charge is -2.07. The average Bonchev–Trinajstić information content (AvgIpc) is 2.08. The molecule has 0 amide bonds. The number of hydrogen-bond acceptors (Lipinski definition) is 3. The van der Waals surface area contributed by atoms with E-state index in [0.717, 1.165) is 0 Å². The highest BCUT2D eigenvalue weighted by molar-refractivity contribution is 9.10. The van der Waals surface area contributed by atoms with Crippen molar-refractivity contribution in [3.63, 3.8) is 0 Å². The smallest absolute Gasteiger partial charge is 0.166 e. The summed E-state index contributed by atoms with van der Waals surface area (Å²) in [7, 11) is 0. The van der Waals surface area contributed by atoms with Gasteiger partial charge in [-0.1, -0.05) is 0 Å². The Labute approximate surface area is 90.5 Å². The lowest BCUT2D eigenvalue weighted by molar-refractivity contribution is 0.188. The number of rotatable bonds is 4. The Bertz CT molecular complexity index is 307. The van der Waals surface area contributed by atoms with Crippen molar-refractivity contribution in [2.75, 3.05) is 11.9 Å². The van der Waals surface area contributed by atoms with Crippen molar-refractivity contribution in [1.82, 2.24) is 4.98 Å². The summed E-state index contributed by atoms with van der Waals surface area (Å²) in [5.41, 5.74) is 0. The second kappa shape index (κ2) is 5.26. The third kappa shape index (κ3) is 3.59. The zero-order valence-electron chi connectivity index (χ0n) is 7.80. The number of nitrogens with zero attached hydrogens (tertiary/aromatic N) is 1. The lowest BCUT2D eigenvalue weighted by atomic mass is 10.3. The zero-order valence-corrected chi connectivity index (χ0v) is 9.38. The number of aliphatic hydroxyl groups excluding tert-OH is 1. The van der Waals surface area contributed by atoms with Crippen LogP contribution >= 0.6 is 15.9 Å². The largest absolute Gasteiger partial charge is 0.393 e. The van der Waals surface area contributed by atoms with Crippen molar-refractivity contribution in [3.05, 3.63) is 22.6 Å². The zero-order chi connectivity index (χ0) is 10.6. The molecule has 0 aromatic carbocycles. The quantitative estimate of drug-likeness (QED) is 0.875. The number of anilines is 1. The van der Waals surface area contributed by atoms with Crippen LogP contribution in [0, 0.1) is 5.82 Å². The van der Waals surface area contributed by atoms with Gasteiger partial charge in [0.2, 0.25) is 0 Å². The van der Waals surface area contributed by atoms with Crippen molar-refractivity contribution >= 4 is 21.7 Å². The second-order valence-corrected chi connectivity index (χ2v) is 3.96. The predicted octanol–water partition coefficient (Wildman–Crippen LogP) is 2.17. The first kappa shape index (κ1) is 11.4. The molecule has 0 saturated carbocycles. The third-order valence-electron chi connectivity index (χ3n) is 1.66.